The average molecular weight is 337 g/mol. The molecule has 1 aromatic heterocycles. The molecule has 0 fully saturated rings. The van der Waals surface area contributed by atoms with Crippen LogP contribution >= 0.6 is 0 Å². The number of aromatic nitrogens is 2. The Morgan fingerprint density at radius 2 is 1.80 bits per heavy atom. The predicted octanol–water partition coefficient (Wildman–Crippen LogP) is 3.07. The average Bonchev–Trinajstić information content (AvgIpc) is 2.61. The van der Waals surface area contributed by atoms with Crippen LogP contribution in [-0.2, 0) is 0 Å². The van der Waals surface area contributed by atoms with Gasteiger partial charge in [-0.05, 0) is 30.3 Å². The molecule has 0 bridgehead atoms. The van der Waals surface area contributed by atoms with E-state index >= 15 is 0 Å². The highest BCUT2D eigenvalue weighted by atomic mass is 16.5. The van der Waals surface area contributed by atoms with Gasteiger partial charge < -0.3 is 26.3 Å². The van der Waals surface area contributed by atoms with Crippen LogP contribution in [0, 0.1) is 0 Å². The third-order valence-corrected chi connectivity index (χ3v) is 3.60. The van der Waals surface area contributed by atoms with Crippen molar-refractivity contribution in [1.82, 2.24) is 9.97 Å². The second-order valence-corrected chi connectivity index (χ2v) is 5.34. The fourth-order valence-electron chi connectivity index (χ4n) is 2.41. The van der Waals surface area contributed by atoms with Crippen LogP contribution in [0.2, 0.25) is 0 Å². The summed E-state index contributed by atoms with van der Waals surface area (Å²) < 4.78 is 10.4. The molecule has 3 rings (SSSR count). The Balaban J connectivity index is 1.89. The number of nitrogens with zero attached hydrogens (tertiary/aromatic N) is 2. The minimum absolute atomic E-state index is 0.444. The van der Waals surface area contributed by atoms with Crippen molar-refractivity contribution in [1.29, 1.82) is 0 Å². The van der Waals surface area contributed by atoms with Gasteiger partial charge in [0.2, 0.25) is 5.95 Å². The van der Waals surface area contributed by atoms with Crippen molar-refractivity contribution in [3.63, 3.8) is 0 Å². The van der Waals surface area contributed by atoms with Crippen molar-refractivity contribution in [2.24, 2.45) is 0 Å². The molecule has 0 unspecified atom stereocenters. The van der Waals surface area contributed by atoms with Crippen molar-refractivity contribution in [2.75, 3.05) is 31.0 Å². The van der Waals surface area contributed by atoms with Crippen molar-refractivity contribution < 1.29 is 9.47 Å². The van der Waals surface area contributed by atoms with E-state index in [0.29, 0.717) is 28.8 Å². The van der Waals surface area contributed by atoms with Gasteiger partial charge >= 0.3 is 0 Å². The second-order valence-electron chi connectivity index (χ2n) is 5.34. The second kappa shape index (κ2) is 6.96. The fourth-order valence-corrected chi connectivity index (χ4v) is 2.41. The van der Waals surface area contributed by atoms with Crippen LogP contribution in [0.4, 0.5) is 23.0 Å². The number of hydrogen-bond acceptors (Lipinski definition) is 7. The number of nitrogens with two attached hydrogens (primary N) is 2. The normalized spacial score (nSPS) is 10.3. The van der Waals surface area contributed by atoms with Gasteiger partial charge in [-0.25, -0.2) is 9.97 Å². The zero-order valence-corrected chi connectivity index (χ0v) is 14.0. The topological polar surface area (TPSA) is 108 Å². The molecule has 5 N–H and O–H groups in total. The van der Waals surface area contributed by atoms with E-state index in [1.165, 1.54) is 0 Å². The third-order valence-electron chi connectivity index (χ3n) is 3.60. The van der Waals surface area contributed by atoms with E-state index in [0.717, 1.165) is 16.9 Å². The van der Waals surface area contributed by atoms with Crippen LogP contribution in [-0.4, -0.2) is 24.2 Å². The van der Waals surface area contributed by atoms with Gasteiger partial charge in [0.25, 0.3) is 0 Å². The SMILES string of the molecule is COc1cc(N)cc(Nc2nccc(-c3ccc(OC)c(N)c3)n2)c1. The van der Waals surface area contributed by atoms with Gasteiger partial charge in [0, 0.05) is 35.3 Å². The first-order valence-electron chi connectivity index (χ1n) is 7.57. The van der Waals surface area contributed by atoms with E-state index in [-0.39, 0.29) is 0 Å². The number of rotatable bonds is 5. The molecule has 25 heavy (non-hydrogen) atoms. The van der Waals surface area contributed by atoms with E-state index in [2.05, 4.69) is 15.3 Å². The summed E-state index contributed by atoms with van der Waals surface area (Å²) in [6, 6.07) is 12.7. The van der Waals surface area contributed by atoms with Gasteiger partial charge in [-0.1, -0.05) is 0 Å². The highest BCUT2D eigenvalue weighted by molar-refractivity contribution is 5.70. The highest BCUT2D eigenvalue weighted by Crippen LogP contribution is 2.28. The van der Waals surface area contributed by atoms with Crippen molar-refractivity contribution in [2.45, 2.75) is 0 Å². The molecule has 3 aromatic rings. The number of methoxy groups -OCH3 is 2. The van der Waals surface area contributed by atoms with Crippen LogP contribution in [0.25, 0.3) is 11.3 Å². The number of hydrogen-bond donors (Lipinski definition) is 3. The Labute approximate surface area is 145 Å². The smallest absolute Gasteiger partial charge is 0.227 e. The standard InChI is InChI=1S/C18H19N5O2/c1-24-14-9-12(19)8-13(10-14)22-18-21-6-5-16(23-18)11-3-4-17(25-2)15(20)7-11/h3-10H,19-20H2,1-2H3,(H,21,22,23). The van der Waals surface area contributed by atoms with Gasteiger partial charge in [-0.3, -0.25) is 0 Å². The lowest BCUT2D eigenvalue weighted by Gasteiger charge is -2.10. The Morgan fingerprint density at radius 3 is 2.52 bits per heavy atom. The molecule has 0 aliphatic heterocycles. The molecule has 7 nitrogen and oxygen atoms in total. The molecule has 128 valence electrons. The lowest BCUT2D eigenvalue weighted by atomic mass is 10.1. The Morgan fingerprint density at radius 1 is 0.960 bits per heavy atom. The summed E-state index contributed by atoms with van der Waals surface area (Å²) >= 11 is 0. The molecule has 1 heterocycles. The lowest BCUT2D eigenvalue weighted by Crippen LogP contribution is -2.00. The summed E-state index contributed by atoms with van der Waals surface area (Å²) in [6.07, 6.45) is 1.68. The molecule has 0 spiro atoms. The molecule has 0 aliphatic carbocycles. The third kappa shape index (κ3) is 3.72. The Kier molecular flexibility index (Phi) is 4.56. The maximum Gasteiger partial charge on any atom is 0.227 e. The van der Waals surface area contributed by atoms with Gasteiger partial charge in [-0.15, -0.1) is 0 Å². The largest absolute Gasteiger partial charge is 0.497 e. The van der Waals surface area contributed by atoms with E-state index in [9.17, 15) is 0 Å². The predicted molar refractivity (Wildman–Crippen MR) is 99.1 cm³/mol. The maximum atomic E-state index is 5.97. The molecule has 0 saturated heterocycles. The summed E-state index contributed by atoms with van der Waals surface area (Å²) in [6.45, 7) is 0. The fraction of sp³-hybridized carbons (Fsp3) is 0.111. The number of benzene rings is 2. The summed E-state index contributed by atoms with van der Waals surface area (Å²) in [7, 11) is 3.17. The molecular formula is C18H19N5O2. The molecule has 7 heteroatoms. The Hall–Kier alpha value is -3.48. The van der Waals surface area contributed by atoms with E-state index in [4.69, 9.17) is 20.9 Å². The van der Waals surface area contributed by atoms with Crippen molar-refractivity contribution in [3.05, 3.63) is 48.7 Å². The molecule has 0 saturated carbocycles. The monoisotopic (exact) mass is 337 g/mol. The maximum absolute atomic E-state index is 5.97. The van der Waals surface area contributed by atoms with Gasteiger partial charge in [0.1, 0.15) is 11.5 Å². The number of ether oxygens (including phenoxy) is 2. The van der Waals surface area contributed by atoms with Crippen LogP contribution < -0.4 is 26.3 Å². The number of anilines is 4. The summed E-state index contributed by atoms with van der Waals surface area (Å²) in [5.74, 6) is 1.73. The van der Waals surface area contributed by atoms with E-state index in [1.54, 1.807) is 32.5 Å². The van der Waals surface area contributed by atoms with Gasteiger partial charge in [0.05, 0.1) is 25.6 Å². The molecule has 0 radical (unpaired) electrons. The first-order chi connectivity index (χ1) is 12.1. The molecule has 0 aliphatic rings. The molecular weight excluding hydrogens is 318 g/mol. The molecule has 0 amide bonds. The van der Waals surface area contributed by atoms with Crippen molar-refractivity contribution in [3.8, 4) is 22.8 Å². The number of nitrogens with one attached hydrogen (secondary N) is 1. The van der Waals surface area contributed by atoms with Gasteiger partial charge in [0.15, 0.2) is 0 Å². The zero-order chi connectivity index (χ0) is 17.8. The van der Waals surface area contributed by atoms with Crippen LogP contribution in [0.15, 0.2) is 48.7 Å². The van der Waals surface area contributed by atoms with Gasteiger partial charge in [-0.2, -0.15) is 0 Å². The van der Waals surface area contributed by atoms with Crippen LogP contribution in [0.3, 0.4) is 0 Å². The molecule has 0 atom stereocenters. The summed E-state index contributed by atoms with van der Waals surface area (Å²) in [5, 5.41) is 3.13. The minimum atomic E-state index is 0.444. The van der Waals surface area contributed by atoms with Crippen LogP contribution in [0.5, 0.6) is 11.5 Å². The lowest BCUT2D eigenvalue weighted by molar-refractivity contribution is 0.415. The van der Waals surface area contributed by atoms with Crippen LogP contribution in [0.1, 0.15) is 0 Å². The quantitative estimate of drug-likeness (QED) is 0.614. The molecule has 2 aromatic carbocycles. The zero-order valence-electron chi connectivity index (χ0n) is 14.0. The van der Waals surface area contributed by atoms with E-state index in [1.807, 2.05) is 30.3 Å². The summed E-state index contributed by atoms with van der Waals surface area (Å²) in [4.78, 5) is 8.76. The van der Waals surface area contributed by atoms with Crippen molar-refractivity contribution >= 4 is 23.0 Å². The number of nitrogen functional groups attached to an aromatic ring is 2. The van der Waals surface area contributed by atoms with E-state index < -0.39 is 0 Å². The first-order valence-corrected chi connectivity index (χ1v) is 7.57. The minimum Gasteiger partial charge on any atom is -0.497 e. The Bertz CT molecular complexity index is 898. The summed E-state index contributed by atoms with van der Waals surface area (Å²) in [5.41, 5.74) is 15.3. The highest BCUT2D eigenvalue weighted by Gasteiger charge is 2.07. The first kappa shape index (κ1) is 16.4.